The van der Waals surface area contributed by atoms with E-state index in [4.69, 9.17) is 9.97 Å². The number of aromatic nitrogens is 2. The third-order valence-electron chi connectivity index (χ3n) is 9.04. The lowest BCUT2D eigenvalue weighted by molar-refractivity contribution is 1.15. The van der Waals surface area contributed by atoms with Gasteiger partial charge in [0.05, 0.1) is 43.2 Å². The largest absolute Gasteiger partial charge is 0.308 e. The molecule has 9 rings (SSSR count). The summed E-state index contributed by atoms with van der Waals surface area (Å²) in [5.74, 6) is 0. The van der Waals surface area contributed by atoms with Crippen molar-refractivity contribution >= 4 is 89.4 Å². The van der Waals surface area contributed by atoms with Crippen LogP contribution >= 0.6 is 46.2 Å². The Morgan fingerprint density at radius 1 is 0.481 bits per heavy atom. The van der Waals surface area contributed by atoms with Crippen LogP contribution in [0.2, 0.25) is 0 Å². The first kappa shape index (κ1) is 32.5. The van der Waals surface area contributed by atoms with Crippen LogP contribution in [-0.2, 0) is 0 Å². The van der Waals surface area contributed by atoms with Crippen LogP contribution in [0.4, 0.5) is 22.7 Å². The molecule has 0 radical (unpaired) electrons. The van der Waals surface area contributed by atoms with Crippen LogP contribution in [0, 0.1) is 0 Å². The molecule has 0 atom stereocenters. The molecule has 2 aliphatic rings. The van der Waals surface area contributed by atoms with E-state index >= 15 is 0 Å². The van der Waals surface area contributed by atoms with E-state index in [1.807, 2.05) is 24.3 Å². The molecule has 0 N–H and O–H groups in total. The van der Waals surface area contributed by atoms with Crippen LogP contribution in [0.25, 0.3) is 41.6 Å². The molecule has 0 saturated carbocycles. The molecule has 250 valence electrons. The highest BCUT2D eigenvalue weighted by Crippen LogP contribution is 2.49. The molecule has 8 heteroatoms. The first-order valence-electron chi connectivity index (χ1n) is 16.6. The molecule has 7 aromatic rings. The number of para-hydroxylation sites is 2. The molecule has 52 heavy (non-hydrogen) atoms. The van der Waals surface area contributed by atoms with E-state index in [0.717, 1.165) is 85.5 Å². The van der Waals surface area contributed by atoms with Gasteiger partial charge in [0.25, 0.3) is 0 Å². The number of fused-ring (bicyclic) bond motifs is 4. The lowest BCUT2D eigenvalue weighted by Gasteiger charge is -2.33. The Kier molecular flexibility index (Phi) is 8.32. The number of allylic oxidation sites excluding steroid dienone is 4. The number of nitrogens with zero attached hydrogens (tertiary/aromatic N) is 4. The zero-order valence-corrected chi connectivity index (χ0v) is 31.2. The maximum atomic E-state index is 5.07. The number of benzene rings is 5. The van der Waals surface area contributed by atoms with Crippen LogP contribution in [0.5, 0.6) is 0 Å². The smallest absolute Gasteiger partial charge is 0.124 e. The average Bonchev–Trinajstić information content (AvgIpc) is 3.81. The zero-order valence-electron chi connectivity index (χ0n) is 28.0. The summed E-state index contributed by atoms with van der Waals surface area (Å²) in [6.07, 6.45) is 7.63. The number of anilines is 4. The van der Waals surface area contributed by atoms with E-state index in [1.54, 1.807) is 46.2 Å². The van der Waals surface area contributed by atoms with Gasteiger partial charge in [0, 0.05) is 42.1 Å². The highest BCUT2D eigenvalue weighted by molar-refractivity contribution is 8.03. The van der Waals surface area contributed by atoms with Crippen molar-refractivity contribution in [3.05, 3.63) is 181 Å². The minimum Gasteiger partial charge on any atom is -0.308 e. The second-order valence-corrected chi connectivity index (χ2v) is 16.3. The zero-order chi connectivity index (χ0) is 35.3. The number of hydrogen-bond donors (Lipinski definition) is 0. The Bertz CT molecular complexity index is 2430. The van der Waals surface area contributed by atoms with E-state index in [9.17, 15) is 0 Å². The number of hydrogen-bond acceptors (Lipinski definition) is 8. The fourth-order valence-corrected chi connectivity index (χ4v) is 10.6. The summed E-state index contributed by atoms with van der Waals surface area (Å²) < 4.78 is 2.24. The van der Waals surface area contributed by atoms with Gasteiger partial charge < -0.3 is 9.80 Å². The molecule has 0 bridgehead atoms. The molecule has 0 saturated heterocycles. The van der Waals surface area contributed by atoms with Crippen molar-refractivity contribution in [2.75, 3.05) is 9.80 Å². The molecule has 0 unspecified atom stereocenters. The molecule has 2 aromatic heterocycles. The first-order chi connectivity index (χ1) is 25.6. The van der Waals surface area contributed by atoms with Crippen LogP contribution in [-0.4, -0.2) is 9.97 Å². The summed E-state index contributed by atoms with van der Waals surface area (Å²) in [4.78, 5) is 19.2. The second kappa shape index (κ2) is 13.3. The molecule has 0 aliphatic carbocycles. The van der Waals surface area contributed by atoms with Crippen molar-refractivity contribution in [2.45, 2.75) is 9.79 Å². The summed E-state index contributed by atoms with van der Waals surface area (Å²) in [5, 5.41) is 1.97. The lowest BCUT2D eigenvalue weighted by atomic mass is 10.1. The maximum absolute atomic E-state index is 5.07. The summed E-state index contributed by atoms with van der Waals surface area (Å²) in [6, 6.07) is 38.5. The summed E-state index contributed by atoms with van der Waals surface area (Å²) in [6.45, 7) is 16.3. The Morgan fingerprint density at radius 3 is 1.27 bits per heavy atom. The second-order valence-electron chi connectivity index (χ2n) is 12.0. The van der Waals surface area contributed by atoms with Crippen LogP contribution in [0.15, 0.2) is 191 Å². The van der Waals surface area contributed by atoms with Crippen molar-refractivity contribution in [2.24, 2.45) is 0 Å². The molecule has 0 spiro atoms. The maximum Gasteiger partial charge on any atom is 0.124 e. The molecule has 5 aromatic carbocycles. The van der Waals surface area contributed by atoms with Gasteiger partial charge in [0.1, 0.15) is 10.0 Å². The summed E-state index contributed by atoms with van der Waals surface area (Å²) in [5.41, 5.74) is 10.6. The number of thiazole rings is 2. The van der Waals surface area contributed by atoms with E-state index in [1.165, 1.54) is 9.79 Å². The molecule has 0 amide bonds. The van der Waals surface area contributed by atoms with Crippen LogP contribution < -0.4 is 9.80 Å². The fourth-order valence-electron chi connectivity index (χ4n) is 6.61. The molecule has 4 nitrogen and oxygen atoms in total. The topological polar surface area (TPSA) is 32.3 Å². The van der Waals surface area contributed by atoms with E-state index in [2.05, 4.69) is 145 Å². The summed E-state index contributed by atoms with van der Waals surface area (Å²) in [7, 11) is 0. The van der Waals surface area contributed by atoms with Gasteiger partial charge in [-0.3, -0.25) is 0 Å². The quantitative estimate of drug-likeness (QED) is 0.154. The standard InChI is InChI=1S/C44H30N4S4/c1-5-33-37(7-3)49-39-15-11-9-13-35(39)47(33)29-21-17-27(18-22-29)43-45-31-25-42-32(26-41(31)51-43)46-44(52-42)28-19-23-30(24-20-28)48-34(6-2)38(8-4)50-40-16-12-10-14-36(40)48/h5-26H,1-4H2. The van der Waals surface area contributed by atoms with Gasteiger partial charge in [0.15, 0.2) is 0 Å². The number of rotatable bonds is 8. The number of thioether (sulfide) groups is 2. The average molecular weight is 743 g/mol. The normalized spacial score (nSPS) is 14.1. The monoisotopic (exact) mass is 742 g/mol. The Hall–Kier alpha value is -5.38. The van der Waals surface area contributed by atoms with Gasteiger partial charge in [-0.25, -0.2) is 9.97 Å². The highest BCUT2D eigenvalue weighted by Gasteiger charge is 2.26. The van der Waals surface area contributed by atoms with Gasteiger partial charge in [-0.05, 0) is 97.1 Å². The third-order valence-corrected chi connectivity index (χ3v) is 13.5. The Balaban J connectivity index is 1.000. The van der Waals surface area contributed by atoms with Crippen molar-refractivity contribution in [3.8, 4) is 21.1 Å². The van der Waals surface area contributed by atoms with E-state index in [-0.39, 0.29) is 0 Å². The SMILES string of the molecule is C=CC1=C(C=C)N(c2ccc(-c3nc4cc5sc(-c6ccc(N7C(C=C)=C(C=C)Sc8ccccc87)cc6)nc5cc4s3)cc2)c2ccccc2S1. The Morgan fingerprint density at radius 2 is 0.885 bits per heavy atom. The lowest BCUT2D eigenvalue weighted by Crippen LogP contribution is -2.19. The van der Waals surface area contributed by atoms with Gasteiger partial charge in [-0.15, -0.1) is 22.7 Å². The van der Waals surface area contributed by atoms with Crippen molar-refractivity contribution in [1.29, 1.82) is 0 Å². The first-order valence-corrected chi connectivity index (χ1v) is 19.9. The molecule has 0 fully saturated rings. The van der Waals surface area contributed by atoms with Gasteiger partial charge >= 0.3 is 0 Å². The Labute approximate surface area is 319 Å². The van der Waals surface area contributed by atoms with Crippen LogP contribution in [0.3, 0.4) is 0 Å². The van der Waals surface area contributed by atoms with E-state index in [0.29, 0.717) is 0 Å². The van der Waals surface area contributed by atoms with Crippen molar-refractivity contribution < 1.29 is 0 Å². The molecular weight excluding hydrogens is 713 g/mol. The molecule has 2 aliphatic heterocycles. The van der Waals surface area contributed by atoms with Gasteiger partial charge in [0.2, 0.25) is 0 Å². The van der Waals surface area contributed by atoms with Crippen molar-refractivity contribution in [3.63, 3.8) is 0 Å². The van der Waals surface area contributed by atoms with Crippen molar-refractivity contribution in [1.82, 2.24) is 9.97 Å². The predicted molar refractivity (Wildman–Crippen MR) is 227 cm³/mol. The highest BCUT2D eigenvalue weighted by atomic mass is 32.2. The van der Waals surface area contributed by atoms with Crippen LogP contribution in [0.1, 0.15) is 0 Å². The minimum absolute atomic E-state index is 0.986. The fraction of sp³-hybridized carbons (Fsp3) is 0. The van der Waals surface area contributed by atoms with Gasteiger partial charge in [-0.2, -0.15) is 0 Å². The summed E-state index contributed by atoms with van der Waals surface area (Å²) >= 11 is 6.84. The van der Waals surface area contributed by atoms with Gasteiger partial charge in [-0.1, -0.05) is 86.3 Å². The third kappa shape index (κ3) is 5.47. The molecular formula is C44H30N4S4. The van der Waals surface area contributed by atoms with E-state index < -0.39 is 0 Å². The molecule has 4 heterocycles. The minimum atomic E-state index is 0.986. The predicted octanol–water partition coefficient (Wildman–Crippen LogP) is 13.9.